The fourth-order valence-electron chi connectivity index (χ4n) is 5.47. The Morgan fingerprint density at radius 2 is 1.64 bits per heavy atom. The summed E-state index contributed by atoms with van der Waals surface area (Å²) in [6.45, 7) is 7.82. The highest BCUT2D eigenvalue weighted by Crippen LogP contribution is 2.35. The normalized spacial score (nSPS) is 17.6. The third-order valence-electron chi connectivity index (χ3n) is 8.03. The minimum absolute atomic E-state index is 0.0293. The van der Waals surface area contributed by atoms with Crippen LogP contribution >= 0.6 is 0 Å². The van der Waals surface area contributed by atoms with E-state index in [9.17, 15) is 5.11 Å². The zero-order chi connectivity index (χ0) is 30.0. The van der Waals surface area contributed by atoms with Crippen LogP contribution in [-0.2, 0) is 17.9 Å². The first-order chi connectivity index (χ1) is 20.1. The molecular weight excluding hydrogens is 558 g/mol. The van der Waals surface area contributed by atoms with Crippen molar-refractivity contribution in [2.75, 3.05) is 20.8 Å². The molecule has 0 saturated heterocycles. The number of halogens is 2. The molecule has 1 fully saturated rings. The largest absolute Gasteiger partial charge is 0.494 e. The zero-order valence-corrected chi connectivity index (χ0v) is 26.0. The molecule has 0 amide bonds. The third kappa shape index (κ3) is 6.53. The Morgan fingerprint density at radius 3 is 2.29 bits per heavy atom. The molecule has 0 bridgehead atoms. The number of aliphatic hydroxyl groups excluding tert-OH is 1. The molecule has 0 radical (unpaired) electrons. The summed E-state index contributed by atoms with van der Waals surface area (Å²) >= 11 is 0. The Hall–Kier alpha value is -3.28. The lowest BCUT2D eigenvalue weighted by Gasteiger charge is -2.25. The van der Waals surface area contributed by atoms with Crippen LogP contribution in [0.25, 0.3) is 22.2 Å². The predicted molar refractivity (Wildman–Crippen MR) is 161 cm³/mol. The third-order valence-corrected chi connectivity index (χ3v) is 9.73. The molecule has 0 atom stereocenters. The number of hydrogen-bond donors (Lipinski definition) is 1. The summed E-state index contributed by atoms with van der Waals surface area (Å²) in [4.78, 5) is 4.78. The van der Waals surface area contributed by atoms with Gasteiger partial charge >= 0.3 is 0 Å². The second-order valence-corrected chi connectivity index (χ2v) is 17.9. The van der Waals surface area contributed by atoms with Crippen LogP contribution in [0.4, 0.5) is 8.78 Å². The van der Waals surface area contributed by atoms with Crippen molar-refractivity contribution in [3.8, 4) is 22.6 Å². The Morgan fingerprint density at radius 1 is 0.952 bits per heavy atom. The van der Waals surface area contributed by atoms with Crippen molar-refractivity contribution in [2.45, 2.75) is 76.7 Å². The van der Waals surface area contributed by atoms with E-state index in [1.807, 2.05) is 33.9 Å². The van der Waals surface area contributed by atoms with Crippen LogP contribution < -0.4 is 9.47 Å². The predicted octanol–water partition coefficient (Wildman–Crippen LogP) is 6.57. The van der Waals surface area contributed by atoms with Gasteiger partial charge in [-0.3, -0.25) is 4.68 Å². The van der Waals surface area contributed by atoms with Crippen LogP contribution in [0.1, 0.15) is 42.9 Å². The second-order valence-electron chi connectivity index (χ2n) is 12.3. The molecule has 1 aromatic carbocycles. The Bertz CT molecular complexity index is 1510. The van der Waals surface area contributed by atoms with Crippen molar-refractivity contribution in [2.24, 2.45) is 0 Å². The lowest BCUT2D eigenvalue weighted by molar-refractivity contribution is 0.0898. The number of pyridine rings is 1. The van der Waals surface area contributed by atoms with Gasteiger partial charge < -0.3 is 23.9 Å². The van der Waals surface area contributed by atoms with Gasteiger partial charge in [-0.1, -0.05) is 19.6 Å². The minimum atomic E-state index is -1.26. The maximum atomic E-state index is 15.4. The van der Waals surface area contributed by atoms with Gasteiger partial charge in [-0.25, -0.2) is 13.8 Å². The lowest BCUT2D eigenvalue weighted by atomic mass is 9.93. The van der Waals surface area contributed by atoms with E-state index in [0.717, 1.165) is 48.2 Å². The van der Waals surface area contributed by atoms with Gasteiger partial charge in [-0.2, -0.15) is 5.10 Å². The molecule has 1 saturated carbocycles. The first-order valence-electron chi connectivity index (χ1n) is 14.4. The van der Waals surface area contributed by atoms with Gasteiger partial charge in [-0.05, 0) is 43.4 Å². The highest BCUT2D eigenvalue weighted by Gasteiger charge is 2.24. The maximum absolute atomic E-state index is 15.4. The van der Waals surface area contributed by atoms with Gasteiger partial charge in [0.25, 0.3) is 0 Å². The van der Waals surface area contributed by atoms with E-state index in [1.165, 1.54) is 20.3 Å². The number of rotatable bonds is 11. The van der Waals surface area contributed by atoms with Crippen molar-refractivity contribution >= 4 is 19.1 Å². The number of aliphatic hydroxyl groups is 1. The van der Waals surface area contributed by atoms with Crippen molar-refractivity contribution in [3.63, 3.8) is 0 Å². The molecule has 1 N–H and O–H groups in total. The standard InChI is InChI=1S/C31H40F2N4O4Si/c1-39-27-14-28(40-2)30(33)26(29(27)32)13-21-17-36(19-41-10-11-42(3,4)5)31-25(21)12-20(15-34-31)22-16-35-37(18-22)23-6-8-24(38)9-7-23/h12,14-18,23-24,38H,6-11,13,19H2,1-5H3. The number of fused-ring (bicyclic) bond motifs is 1. The molecular formula is C31H40F2N4O4Si. The van der Waals surface area contributed by atoms with Gasteiger partial charge in [-0.15, -0.1) is 0 Å². The topological polar surface area (TPSA) is 83.6 Å². The summed E-state index contributed by atoms with van der Waals surface area (Å²) in [6.07, 6.45) is 10.5. The lowest BCUT2D eigenvalue weighted by Crippen LogP contribution is -2.22. The molecule has 0 aliphatic heterocycles. The molecule has 3 aromatic heterocycles. The zero-order valence-electron chi connectivity index (χ0n) is 25.0. The van der Waals surface area contributed by atoms with Gasteiger partial charge in [0, 0.05) is 67.8 Å². The van der Waals surface area contributed by atoms with E-state index >= 15 is 8.78 Å². The Labute approximate surface area is 246 Å². The molecule has 0 spiro atoms. The van der Waals surface area contributed by atoms with Crippen LogP contribution in [0, 0.1) is 11.6 Å². The number of methoxy groups -OCH3 is 2. The summed E-state index contributed by atoms with van der Waals surface area (Å²) in [5.74, 6) is -1.68. The number of aromatic nitrogens is 4. The molecule has 8 nitrogen and oxygen atoms in total. The number of benzene rings is 1. The van der Waals surface area contributed by atoms with E-state index in [-0.39, 0.29) is 42.4 Å². The summed E-state index contributed by atoms with van der Waals surface area (Å²) in [5, 5.41) is 15.3. The van der Waals surface area contributed by atoms with E-state index in [2.05, 4.69) is 24.7 Å². The summed E-state index contributed by atoms with van der Waals surface area (Å²) in [6, 6.07) is 4.49. The summed E-state index contributed by atoms with van der Waals surface area (Å²) in [5.41, 5.74) is 3.00. The van der Waals surface area contributed by atoms with Crippen LogP contribution in [0.3, 0.4) is 0 Å². The van der Waals surface area contributed by atoms with E-state index in [0.29, 0.717) is 17.8 Å². The van der Waals surface area contributed by atoms with Gasteiger partial charge in [0.2, 0.25) is 0 Å². The van der Waals surface area contributed by atoms with Crippen LogP contribution in [-0.4, -0.2) is 59.4 Å². The molecule has 0 unspecified atom stereocenters. The summed E-state index contributed by atoms with van der Waals surface area (Å²) < 4.78 is 50.9. The highest BCUT2D eigenvalue weighted by molar-refractivity contribution is 6.76. The SMILES string of the molecule is COc1cc(OC)c(F)c(Cc2cn(COCC[Si](C)(C)C)c3ncc(-c4cnn(C5CCC(O)CC5)c4)cc23)c1F. The first kappa shape index (κ1) is 30.2. The first-order valence-corrected chi connectivity index (χ1v) is 18.2. The molecule has 4 aromatic rings. The molecule has 1 aliphatic rings. The fourth-order valence-corrected chi connectivity index (χ4v) is 6.23. The Balaban J connectivity index is 1.51. The highest BCUT2D eigenvalue weighted by atomic mass is 28.3. The van der Waals surface area contributed by atoms with Gasteiger partial charge in [0.1, 0.15) is 12.4 Å². The molecule has 42 heavy (non-hydrogen) atoms. The summed E-state index contributed by atoms with van der Waals surface area (Å²) in [7, 11) is 1.42. The van der Waals surface area contributed by atoms with Crippen molar-refractivity contribution < 1.29 is 28.1 Å². The fraction of sp³-hybridized carbons (Fsp3) is 0.484. The molecule has 11 heteroatoms. The molecule has 226 valence electrons. The van der Waals surface area contributed by atoms with Crippen LogP contribution in [0.15, 0.2) is 36.9 Å². The number of ether oxygens (including phenoxy) is 3. The maximum Gasteiger partial charge on any atom is 0.171 e. The van der Waals surface area contributed by atoms with E-state index in [4.69, 9.17) is 19.2 Å². The second kappa shape index (κ2) is 12.5. The van der Waals surface area contributed by atoms with Gasteiger partial charge in [0.15, 0.2) is 23.1 Å². The molecule has 1 aliphatic carbocycles. The number of hydrogen-bond acceptors (Lipinski definition) is 6. The van der Waals surface area contributed by atoms with Crippen LogP contribution in [0.5, 0.6) is 11.5 Å². The van der Waals surface area contributed by atoms with E-state index in [1.54, 1.807) is 6.20 Å². The minimum Gasteiger partial charge on any atom is -0.494 e. The average molecular weight is 599 g/mol. The van der Waals surface area contributed by atoms with Crippen molar-refractivity contribution in [3.05, 3.63) is 59.7 Å². The molecule has 3 heterocycles. The van der Waals surface area contributed by atoms with Crippen LogP contribution in [0.2, 0.25) is 25.7 Å². The van der Waals surface area contributed by atoms with E-state index < -0.39 is 19.7 Å². The van der Waals surface area contributed by atoms with Crippen molar-refractivity contribution in [1.29, 1.82) is 0 Å². The Kier molecular flexibility index (Phi) is 9.00. The monoisotopic (exact) mass is 598 g/mol. The molecule has 5 rings (SSSR count). The van der Waals surface area contributed by atoms with Crippen molar-refractivity contribution in [1.82, 2.24) is 19.3 Å². The quantitative estimate of drug-likeness (QED) is 0.155. The smallest absolute Gasteiger partial charge is 0.171 e. The van der Waals surface area contributed by atoms with Gasteiger partial charge in [0.05, 0.1) is 32.6 Å². The number of nitrogens with zero attached hydrogens (tertiary/aromatic N) is 4. The average Bonchev–Trinajstić information content (AvgIpc) is 3.59.